The fraction of sp³-hybridized carbons (Fsp3) is 0.364. The molecule has 3 heterocycles. The van der Waals surface area contributed by atoms with E-state index < -0.39 is 15.1 Å². The van der Waals surface area contributed by atoms with Crippen LogP contribution in [0.3, 0.4) is 0 Å². The first-order chi connectivity index (χ1) is 15.3. The standard InChI is InChI=1S/C22H25N3O5S2/c1-24-18(14-17(23-24)16-13-15(29-2)6-7-19(16)30-3)22(26)25-9-8-21(20-5-4-11-31-20)32(27,28)12-10-25/h4-7,11,13-14,21H,8-10,12H2,1-3H3. The third kappa shape index (κ3) is 4.24. The van der Waals surface area contributed by atoms with Crippen molar-refractivity contribution in [1.29, 1.82) is 0 Å². The Morgan fingerprint density at radius 3 is 2.66 bits per heavy atom. The number of carbonyl (C=O) groups excluding carboxylic acids is 1. The molecule has 1 aliphatic rings. The summed E-state index contributed by atoms with van der Waals surface area (Å²) < 4.78 is 37.9. The van der Waals surface area contributed by atoms with Crippen LogP contribution in [0.2, 0.25) is 0 Å². The molecule has 4 rings (SSSR count). The van der Waals surface area contributed by atoms with Gasteiger partial charge in [0.25, 0.3) is 5.91 Å². The Bertz CT molecular complexity index is 1220. The van der Waals surface area contributed by atoms with Crippen LogP contribution in [0.5, 0.6) is 11.5 Å². The van der Waals surface area contributed by atoms with Crippen molar-refractivity contribution in [2.75, 3.05) is 33.1 Å². The van der Waals surface area contributed by atoms with E-state index >= 15 is 0 Å². The van der Waals surface area contributed by atoms with E-state index in [-0.39, 0.29) is 18.2 Å². The molecule has 1 amide bonds. The van der Waals surface area contributed by atoms with Gasteiger partial charge in [-0.25, -0.2) is 8.42 Å². The van der Waals surface area contributed by atoms with Gasteiger partial charge in [0, 0.05) is 30.6 Å². The molecule has 2 aromatic heterocycles. The highest BCUT2D eigenvalue weighted by atomic mass is 32.2. The molecule has 0 saturated carbocycles. The number of sulfone groups is 1. The summed E-state index contributed by atoms with van der Waals surface area (Å²) in [6.45, 7) is 0.523. The summed E-state index contributed by atoms with van der Waals surface area (Å²) in [6, 6.07) is 10.8. The molecule has 1 unspecified atom stereocenters. The van der Waals surface area contributed by atoms with Crippen molar-refractivity contribution >= 4 is 27.1 Å². The normalized spacial score (nSPS) is 18.2. The van der Waals surface area contributed by atoms with E-state index in [0.29, 0.717) is 41.4 Å². The van der Waals surface area contributed by atoms with Gasteiger partial charge in [0.05, 0.1) is 30.9 Å². The highest BCUT2D eigenvalue weighted by molar-refractivity contribution is 7.91. The van der Waals surface area contributed by atoms with Gasteiger partial charge in [-0.2, -0.15) is 5.10 Å². The van der Waals surface area contributed by atoms with Crippen LogP contribution in [-0.2, 0) is 16.9 Å². The lowest BCUT2D eigenvalue weighted by Gasteiger charge is -2.19. The molecule has 1 aliphatic heterocycles. The molecule has 8 nitrogen and oxygen atoms in total. The molecule has 32 heavy (non-hydrogen) atoms. The Labute approximate surface area is 191 Å². The third-order valence-corrected chi connectivity index (χ3v) is 8.91. The summed E-state index contributed by atoms with van der Waals surface area (Å²) in [5.74, 6) is 0.963. The lowest BCUT2D eigenvalue weighted by Crippen LogP contribution is -2.34. The van der Waals surface area contributed by atoms with Gasteiger partial charge < -0.3 is 14.4 Å². The van der Waals surface area contributed by atoms with Gasteiger partial charge in [-0.15, -0.1) is 11.3 Å². The minimum Gasteiger partial charge on any atom is -0.497 e. The topological polar surface area (TPSA) is 90.7 Å². The van der Waals surface area contributed by atoms with Crippen LogP contribution in [0, 0.1) is 0 Å². The highest BCUT2D eigenvalue weighted by Gasteiger charge is 2.34. The lowest BCUT2D eigenvalue weighted by molar-refractivity contribution is 0.0755. The van der Waals surface area contributed by atoms with Crippen LogP contribution in [0.25, 0.3) is 11.3 Å². The molecular weight excluding hydrogens is 450 g/mol. The molecular formula is C22H25N3O5S2. The maximum absolute atomic E-state index is 13.3. The number of nitrogens with zero attached hydrogens (tertiary/aromatic N) is 3. The Balaban J connectivity index is 1.61. The minimum atomic E-state index is -3.33. The molecule has 1 atom stereocenters. The van der Waals surface area contributed by atoms with E-state index in [1.165, 1.54) is 16.0 Å². The largest absolute Gasteiger partial charge is 0.497 e. The van der Waals surface area contributed by atoms with Crippen LogP contribution in [-0.4, -0.2) is 62.1 Å². The zero-order chi connectivity index (χ0) is 22.9. The average Bonchev–Trinajstić information content (AvgIpc) is 3.41. The fourth-order valence-corrected chi connectivity index (χ4v) is 6.92. The number of ether oxygens (including phenoxy) is 2. The number of rotatable bonds is 5. The van der Waals surface area contributed by atoms with Crippen molar-refractivity contribution in [3.8, 4) is 22.8 Å². The Morgan fingerprint density at radius 2 is 1.97 bits per heavy atom. The molecule has 170 valence electrons. The monoisotopic (exact) mass is 475 g/mol. The predicted molar refractivity (Wildman–Crippen MR) is 123 cm³/mol. The zero-order valence-corrected chi connectivity index (χ0v) is 19.8. The van der Waals surface area contributed by atoms with E-state index in [9.17, 15) is 13.2 Å². The van der Waals surface area contributed by atoms with Gasteiger partial charge in [0.2, 0.25) is 0 Å². The van der Waals surface area contributed by atoms with Crippen LogP contribution >= 0.6 is 11.3 Å². The number of methoxy groups -OCH3 is 2. The second-order valence-corrected chi connectivity index (χ2v) is 10.8. The molecule has 0 spiro atoms. The van der Waals surface area contributed by atoms with Crippen molar-refractivity contribution < 1.29 is 22.7 Å². The number of thiophene rings is 1. The fourth-order valence-electron chi connectivity index (χ4n) is 3.92. The quantitative estimate of drug-likeness (QED) is 0.563. The molecule has 0 radical (unpaired) electrons. The summed E-state index contributed by atoms with van der Waals surface area (Å²) in [6.07, 6.45) is 0.378. The molecule has 0 bridgehead atoms. The zero-order valence-electron chi connectivity index (χ0n) is 18.1. The van der Waals surface area contributed by atoms with Gasteiger partial charge in [-0.05, 0) is 42.1 Å². The lowest BCUT2D eigenvalue weighted by atomic mass is 10.1. The number of benzene rings is 1. The molecule has 1 saturated heterocycles. The number of hydrogen-bond donors (Lipinski definition) is 0. The smallest absolute Gasteiger partial charge is 0.272 e. The number of aryl methyl sites for hydroxylation is 1. The highest BCUT2D eigenvalue weighted by Crippen LogP contribution is 2.34. The number of carbonyl (C=O) groups is 1. The van der Waals surface area contributed by atoms with Crippen molar-refractivity contribution in [3.63, 3.8) is 0 Å². The Morgan fingerprint density at radius 1 is 1.16 bits per heavy atom. The molecule has 0 N–H and O–H groups in total. The van der Waals surface area contributed by atoms with Crippen molar-refractivity contribution in [2.45, 2.75) is 11.7 Å². The molecule has 1 aromatic carbocycles. The first-order valence-electron chi connectivity index (χ1n) is 10.1. The van der Waals surface area contributed by atoms with Crippen LogP contribution in [0.4, 0.5) is 0 Å². The van der Waals surface area contributed by atoms with E-state index in [0.717, 1.165) is 4.88 Å². The summed E-state index contributed by atoms with van der Waals surface area (Å²) in [4.78, 5) is 15.7. The molecule has 3 aromatic rings. The maximum Gasteiger partial charge on any atom is 0.272 e. The summed E-state index contributed by atoms with van der Waals surface area (Å²) in [5, 5.41) is 5.82. The first-order valence-corrected chi connectivity index (χ1v) is 12.7. The first kappa shape index (κ1) is 22.3. The molecule has 1 fully saturated rings. The van der Waals surface area contributed by atoms with E-state index in [2.05, 4.69) is 5.10 Å². The van der Waals surface area contributed by atoms with Crippen LogP contribution < -0.4 is 9.47 Å². The summed E-state index contributed by atoms with van der Waals surface area (Å²) in [7, 11) is 1.52. The average molecular weight is 476 g/mol. The second kappa shape index (κ2) is 8.95. The van der Waals surface area contributed by atoms with Gasteiger partial charge >= 0.3 is 0 Å². The van der Waals surface area contributed by atoms with Gasteiger partial charge in [-0.1, -0.05) is 6.07 Å². The molecule has 0 aliphatic carbocycles. The van der Waals surface area contributed by atoms with Crippen molar-refractivity contribution in [3.05, 3.63) is 52.3 Å². The van der Waals surface area contributed by atoms with Crippen molar-refractivity contribution in [2.24, 2.45) is 7.05 Å². The van der Waals surface area contributed by atoms with E-state index in [1.54, 1.807) is 50.4 Å². The summed E-state index contributed by atoms with van der Waals surface area (Å²) >= 11 is 1.44. The van der Waals surface area contributed by atoms with Gasteiger partial charge in [0.15, 0.2) is 9.84 Å². The maximum atomic E-state index is 13.3. The second-order valence-electron chi connectivity index (χ2n) is 7.56. The van der Waals surface area contributed by atoms with Crippen molar-refractivity contribution in [1.82, 2.24) is 14.7 Å². The minimum absolute atomic E-state index is 0.0598. The number of aromatic nitrogens is 2. The van der Waals surface area contributed by atoms with E-state index in [4.69, 9.17) is 9.47 Å². The van der Waals surface area contributed by atoms with Crippen LogP contribution in [0.15, 0.2) is 41.8 Å². The van der Waals surface area contributed by atoms with Gasteiger partial charge in [0.1, 0.15) is 17.2 Å². The Hall–Kier alpha value is -2.85. The number of hydrogen-bond acceptors (Lipinski definition) is 7. The predicted octanol–water partition coefficient (Wildman–Crippen LogP) is 3.17. The van der Waals surface area contributed by atoms with Gasteiger partial charge in [-0.3, -0.25) is 9.48 Å². The summed E-state index contributed by atoms with van der Waals surface area (Å²) in [5.41, 5.74) is 1.67. The SMILES string of the molecule is COc1ccc(OC)c(-c2cc(C(=O)N3CCC(c4cccs4)S(=O)(=O)CC3)n(C)n2)c1. The Kier molecular flexibility index (Phi) is 6.25. The third-order valence-electron chi connectivity index (χ3n) is 5.67. The van der Waals surface area contributed by atoms with Crippen LogP contribution in [0.1, 0.15) is 27.0 Å². The molecule has 10 heteroatoms. The number of amides is 1. The van der Waals surface area contributed by atoms with E-state index in [1.807, 2.05) is 17.5 Å².